The average Bonchev–Trinajstić information content (AvgIpc) is 3.35. The normalized spacial score (nSPS) is 31.9. The Hall–Kier alpha value is -1.73. The zero-order valence-electron chi connectivity index (χ0n) is 15.4. The molecule has 6 nitrogen and oxygen atoms in total. The summed E-state index contributed by atoms with van der Waals surface area (Å²) in [6.45, 7) is 6.07. The van der Waals surface area contributed by atoms with Crippen LogP contribution in [-0.2, 0) is 20.9 Å². The van der Waals surface area contributed by atoms with E-state index in [1.165, 1.54) is 11.3 Å². The molecule has 1 spiro atoms. The van der Waals surface area contributed by atoms with Gasteiger partial charge in [0.05, 0.1) is 31.0 Å². The van der Waals surface area contributed by atoms with Gasteiger partial charge in [-0.3, -0.25) is 9.59 Å². The number of fused-ring (bicyclic) bond motifs is 1. The van der Waals surface area contributed by atoms with E-state index in [0.29, 0.717) is 19.0 Å². The summed E-state index contributed by atoms with van der Waals surface area (Å²) in [5.41, 5.74) is -0.610. The lowest BCUT2D eigenvalue weighted by atomic mass is 9.76. The number of carbonyl (C=O) groups excluding carboxylic acids is 2. The Morgan fingerprint density at radius 3 is 3.04 bits per heavy atom. The maximum atomic E-state index is 13.1. The summed E-state index contributed by atoms with van der Waals surface area (Å²) < 4.78 is 6.18. The van der Waals surface area contributed by atoms with Gasteiger partial charge in [-0.05, 0) is 12.3 Å². The highest BCUT2D eigenvalue weighted by Crippen LogP contribution is 2.52. The maximum Gasteiger partial charge on any atom is 0.230 e. The predicted molar refractivity (Wildman–Crippen MR) is 98.3 cm³/mol. The molecule has 7 heteroatoms. The Kier molecular flexibility index (Phi) is 4.39. The molecule has 0 saturated carbocycles. The van der Waals surface area contributed by atoms with Crippen LogP contribution in [0.5, 0.6) is 0 Å². The molecule has 26 heavy (non-hydrogen) atoms. The number of amides is 2. The van der Waals surface area contributed by atoms with Crippen molar-refractivity contribution in [3.63, 3.8) is 0 Å². The molecule has 2 amide bonds. The Morgan fingerprint density at radius 1 is 1.54 bits per heavy atom. The average molecular weight is 375 g/mol. The van der Waals surface area contributed by atoms with Crippen molar-refractivity contribution in [1.82, 2.24) is 14.8 Å². The molecule has 0 N–H and O–H groups in total. The molecule has 3 aliphatic heterocycles. The van der Waals surface area contributed by atoms with Crippen molar-refractivity contribution < 1.29 is 14.3 Å². The number of likely N-dealkylation sites (tertiary alicyclic amines) is 1. The van der Waals surface area contributed by atoms with Crippen LogP contribution >= 0.6 is 11.3 Å². The largest absolute Gasteiger partial charge is 0.360 e. The second-order valence-electron chi connectivity index (χ2n) is 7.96. The molecule has 1 aromatic heterocycles. The van der Waals surface area contributed by atoms with E-state index in [1.807, 2.05) is 22.4 Å². The molecule has 4 rings (SSSR count). The second kappa shape index (κ2) is 6.46. The van der Waals surface area contributed by atoms with E-state index >= 15 is 0 Å². The van der Waals surface area contributed by atoms with Crippen LogP contribution in [0.3, 0.4) is 0 Å². The SMILES string of the molecule is CC(C)CCN1C[C@]23C=C[C@H](O2)C(C(=O)N(C)Cc2nccs2)C3C1=O. The van der Waals surface area contributed by atoms with E-state index in [1.54, 1.807) is 18.1 Å². The lowest BCUT2D eigenvalue weighted by molar-refractivity contribution is -0.142. The molecule has 0 radical (unpaired) electrons. The summed E-state index contributed by atoms with van der Waals surface area (Å²) in [6.07, 6.45) is 6.39. The zero-order valence-corrected chi connectivity index (χ0v) is 16.2. The van der Waals surface area contributed by atoms with E-state index < -0.39 is 17.4 Å². The van der Waals surface area contributed by atoms with Gasteiger partial charge in [-0.2, -0.15) is 0 Å². The summed E-state index contributed by atoms with van der Waals surface area (Å²) >= 11 is 1.53. The molecule has 3 aliphatic rings. The lowest BCUT2D eigenvalue weighted by Gasteiger charge is -2.27. The summed E-state index contributed by atoms with van der Waals surface area (Å²) in [5.74, 6) is -0.244. The summed E-state index contributed by atoms with van der Waals surface area (Å²) in [4.78, 5) is 34.0. The first kappa shape index (κ1) is 17.7. The first-order valence-corrected chi connectivity index (χ1v) is 10.1. The Labute approximate surface area is 157 Å². The van der Waals surface area contributed by atoms with Crippen LogP contribution in [0.2, 0.25) is 0 Å². The Morgan fingerprint density at radius 2 is 2.35 bits per heavy atom. The van der Waals surface area contributed by atoms with Crippen LogP contribution in [-0.4, -0.2) is 58.4 Å². The van der Waals surface area contributed by atoms with E-state index in [9.17, 15) is 9.59 Å². The van der Waals surface area contributed by atoms with Gasteiger partial charge in [0.1, 0.15) is 10.6 Å². The van der Waals surface area contributed by atoms with Crippen LogP contribution in [0.25, 0.3) is 0 Å². The fourth-order valence-electron chi connectivity index (χ4n) is 4.33. The van der Waals surface area contributed by atoms with Crippen LogP contribution in [0.15, 0.2) is 23.7 Å². The highest BCUT2D eigenvalue weighted by atomic mass is 32.1. The quantitative estimate of drug-likeness (QED) is 0.713. The molecule has 1 aromatic rings. The molecular weight excluding hydrogens is 350 g/mol. The van der Waals surface area contributed by atoms with Crippen molar-refractivity contribution >= 4 is 23.2 Å². The molecule has 4 heterocycles. The minimum absolute atomic E-state index is 0.0273. The van der Waals surface area contributed by atoms with Gasteiger partial charge in [0.15, 0.2) is 0 Å². The summed E-state index contributed by atoms with van der Waals surface area (Å²) in [5, 5.41) is 2.80. The fourth-order valence-corrected chi connectivity index (χ4v) is 5.00. The summed E-state index contributed by atoms with van der Waals surface area (Å²) in [6, 6.07) is 0. The Balaban J connectivity index is 1.52. The minimum Gasteiger partial charge on any atom is -0.360 e. The molecule has 2 saturated heterocycles. The van der Waals surface area contributed by atoms with Crippen molar-refractivity contribution in [2.75, 3.05) is 20.1 Å². The van der Waals surface area contributed by atoms with Crippen LogP contribution in [0.4, 0.5) is 0 Å². The molecule has 0 aromatic carbocycles. The molecule has 4 atom stereocenters. The van der Waals surface area contributed by atoms with Crippen LogP contribution < -0.4 is 0 Å². The molecule has 2 fully saturated rings. The number of rotatable bonds is 6. The van der Waals surface area contributed by atoms with Gasteiger partial charge in [-0.1, -0.05) is 26.0 Å². The van der Waals surface area contributed by atoms with Crippen molar-refractivity contribution in [2.45, 2.75) is 38.5 Å². The fraction of sp³-hybridized carbons (Fsp3) is 0.632. The third-order valence-corrected chi connectivity index (χ3v) is 6.44. The molecular formula is C19H25N3O3S. The van der Waals surface area contributed by atoms with E-state index in [0.717, 1.165) is 18.0 Å². The number of ether oxygens (including phenoxy) is 1. The van der Waals surface area contributed by atoms with Gasteiger partial charge in [0, 0.05) is 25.2 Å². The zero-order chi connectivity index (χ0) is 18.5. The summed E-state index contributed by atoms with van der Waals surface area (Å²) in [7, 11) is 1.78. The topological polar surface area (TPSA) is 62.7 Å². The number of aromatic nitrogens is 1. The van der Waals surface area contributed by atoms with Crippen molar-refractivity contribution in [1.29, 1.82) is 0 Å². The maximum absolute atomic E-state index is 13.1. The second-order valence-corrected chi connectivity index (χ2v) is 8.94. The third-order valence-electron chi connectivity index (χ3n) is 5.67. The molecule has 2 unspecified atom stereocenters. The number of hydrogen-bond acceptors (Lipinski definition) is 5. The van der Waals surface area contributed by atoms with Gasteiger partial charge >= 0.3 is 0 Å². The monoisotopic (exact) mass is 375 g/mol. The number of nitrogens with zero attached hydrogens (tertiary/aromatic N) is 3. The minimum atomic E-state index is -0.610. The standard InChI is InChI=1S/C19H25N3O3S/c1-12(2)5-8-22-11-19-6-4-13(25-19)15(16(19)18(22)24)17(23)21(3)10-14-20-7-9-26-14/h4,6-7,9,12-13,15-16H,5,8,10-11H2,1-3H3/t13-,15?,16?,19-/m0/s1. The first-order valence-electron chi connectivity index (χ1n) is 9.20. The first-order chi connectivity index (χ1) is 12.4. The lowest BCUT2D eigenvalue weighted by Crippen LogP contribution is -2.44. The van der Waals surface area contributed by atoms with Crippen LogP contribution in [0, 0.1) is 17.8 Å². The van der Waals surface area contributed by atoms with E-state index in [4.69, 9.17) is 4.74 Å². The van der Waals surface area contributed by atoms with Gasteiger partial charge in [0.2, 0.25) is 11.8 Å². The highest BCUT2D eigenvalue weighted by Gasteiger charge is 2.66. The van der Waals surface area contributed by atoms with Gasteiger partial charge in [-0.15, -0.1) is 11.3 Å². The van der Waals surface area contributed by atoms with Crippen molar-refractivity contribution in [3.05, 3.63) is 28.7 Å². The van der Waals surface area contributed by atoms with Crippen molar-refractivity contribution in [2.24, 2.45) is 17.8 Å². The molecule has 0 aliphatic carbocycles. The van der Waals surface area contributed by atoms with Crippen LogP contribution in [0.1, 0.15) is 25.3 Å². The smallest absolute Gasteiger partial charge is 0.230 e. The predicted octanol–water partition coefficient (Wildman–Crippen LogP) is 1.93. The molecule has 140 valence electrons. The van der Waals surface area contributed by atoms with Crippen molar-refractivity contribution in [3.8, 4) is 0 Å². The molecule has 2 bridgehead atoms. The number of carbonyl (C=O) groups is 2. The van der Waals surface area contributed by atoms with E-state index in [-0.39, 0.29) is 17.9 Å². The number of hydrogen-bond donors (Lipinski definition) is 0. The van der Waals surface area contributed by atoms with E-state index in [2.05, 4.69) is 18.8 Å². The highest BCUT2D eigenvalue weighted by molar-refractivity contribution is 7.09. The van der Waals surface area contributed by atoms with Gasteiger partial charge in [0.25, 0.3) is 0 Å². The van der Waals surface area contributed by atoms with Gasteiger partial charge < -0.3 is 14.5 Å². The number of thiazole rings is 1. The Bertz CT molecular complexity index is 732. The van der Waals surface area contributed by atoms with Gasteiger partial charge in [-0.25, -0.2) is 4.98 Å². The third kappa shape index (κ3) is 2.77.